The maximum absolute atomic E-state index is 13.9. The number of carbonyl (C=O) groups is 2. The molecule has 2 fully saturated rings. The van der Waals surface area contributed by atoms with Gasteiger partial charge in [-0.2, -0.15) is 18.2 Å². The predicted molar refractivity (Wildman–Crippen MR) is 160 cm³/mol. The molecule has 0 aliphatic carbocycles. The summed E-state index contributed by atoms with van der Waals surface area (Å²) in [4.78, 5) is 39.0. The van der Waals surface area contributed by atoms with Gasteiger partial charge in [0.25, 0.3) is 11.9 Å². The molecule has 0 spiro atoms. The highest BCUT2D eigenvalue weighted by Gasteiger charge is 2.42. The number of ketones is 1. The topological polar surface area (TPSA) is 103 Å². The summed E-state index contributed by atoms with van der Waals surface area (Å²) in [5.41, 5.74) is 0.272. The van der Waals surface area contributed by atoms with Crippen LogP contribution in [0.5, 0.6) is 0 Å². The van der Waals surface area contributed by atoms with Crippen LogP contribution >= 0.6 is 0 Å². The van der Waals surface area contributed by atoms with Crippen LogP contribution in [0.3, 0.4) is 0 Å². The van der Waals surface area contributed by atoms with E-state index >= 15 is 0 Å². The van der Waals surface area contributed by atoms with Crippen molar-refractivity contribution in [1.29, 1.82) is 0 Å². The fraction of sp³-hybridized carbons (Fsp3) is 0.333. The summed E-state index contributed by atoms with van der Waals surface area (Å²) in [6.07, 6.45) is -4.53. The number of nitrogens with zero attached hydrogens (tertiary/aromatic N) is 5. The van der Waals surface area contributed by atoms with Crippen LogP contribution in [-0.2, 0) is 17.4 Å². The van der Waals surface area contributed by atoms with Gasteiger partial charge in [0.15, 0.2) is 11.8 Å². The molecule has 2 aliphatic heterocycles. The van der Waals surface area contributed by atoms with E-state index in [9.17, 15) is 32.3 Å². The van der Waals surface area contributed by atoms with Crippen LogP contribution in [0.1, 0.15) is 51.4 Å². The van der Waals surface area contributed by atoms with Gasteiger partial charge in [0.05, 0.1) is 0 Å². The maximum Gasteiger partial charge on any atom is 0.437 e. The Kier molecular flexibility index (Phi) is 8.76. The number of oxazole rings is 1. The van der Waals surface area contributed by atoms with Crippen LogP contribution in [0.15, 0.2) is 77.3 Å². The number of piperazine rings is 1. The van der Waals surface area contributed by atoms with Crippen molar-refractivity contribution in [2.75, 3.05) is 49.1 Å². The SMILES string of the molecule is O=C(Cc1ccc(N2CCN(C(=O)[C@H](O)c3ccccc3)CC2)nc1)c1oc(N2CCC(c3cccc(F)c3)C2)nc1C(F)(F)F. The number of benzene rings is 2. The minimum atomic E-state index is -4.91. The van der Waals surface area contributed by atoms with Gasteiger partial charge in [-0.05, 0) is 41.3 Å². The van der Waals surface area contributed by atoms with E-state index in [1.165, 1.54) is 23.2 Å². The number of pyridine rings is 1. The monoisotopic (exact) mass is 637 g/mol. The van der Waals surface area contributed by atoms with Crippen molar-refractivity contribution in [2.45, 2.75) is 31.0 Å². The summed E-state index contributed by atoms with van der Waals surface area (Å²) < 4.78 is 60.9. The van der Waals surface area contributed by atoms with Gasteiger partial charge in [0.1, 0.15) is 11.6 Å². The van der Waals surface area contributed by atoms with E-state index in [1.54, 1.807) is 59.5 Å². The summed E-state index contributed by atoms with van der Waals surface area (Å²) in [5.74, 6) is -2.05. The smallest absolute Gasteiger partial charge is 0.420 e. The van der Waals surface area contributed by atoms with Crippen molar-refractivity contribution in [3.63, 3.8) is 0 Å². The van der Waals surface area contributed by atoms with E-state index in [2.05, 4.69) is 9.97 Å². The molecule has 2 saturated heterocycles. The molecule has 13 heteroatoms. The number of Topliss-reactive ketones (excluding diaryl/α,β-unsaturated/α-hetero) is 1. The summed E-state index contributed by atoms with van der Waals surface area (Å²) >= 11 is 0. The highest BCUT2D eigenvalue weighted by Crippen LogP contribution is 2.37. The van der Waals surface area contributed by atoms with Crippen LogP contribution < -0.4 is 9.80 Å². The zero-order valence-electron chi connectivity index (χ0n) is 24.7. The number of alkyl halides is 3. The molecule has 0 radical (unpaired) electrons. The number of rotatable bonds is 8. The molecule has 2 atom stereocenters. The molecule has 9 nitrogen and oxygen atoms in total. The Balaban J connectivity index is 1.08. The first kappa shape index (κ1) is 31.2. The first-order valence-corrected chi connectivity index (χ1v) is 14.9. The standard InChI is InChI=1S/C33H31F4N5O4/c34-25-8-4-7-23(18-25)24-11-12-42(20-24)32-39-30(33(35,36)37)29(46-32)26(43)17-21-9-10-27(38-19-21)40-13-15-41(16-14-40)31(45)28(44)22-5-2-1-3-6-22/h1-10,18-19,24,28,44H,11-17,20H2/t24?,28-/m1/s1. The molecule has 240 valence electrons. The Labute approximate surface area is 262 Å². The molecular formula is C33H31F4N5O4. The van der Waals surface area contributed by atoms with E-state index in [0.717, 1.165) is 5.56 Å². The van der Waals surface area contributed by atoms with Gasteiger partial charge in [0, 0.05) is 57.8 Å². The van der Waals surface area contributed by atoms with Crippen LogP contribution in [0.25, 0.3) is 0 Å². The third kappa shape index (κ3) is 6.74. The van der Waals surface area contributed by atoms with Crippen molar-refractivity contribution in [1.82, 2.24) is 14.9 Å². The largest absolute Gasteiger partial charge is 0.437 e. The normalized spacial score (nSPS) is 17.8. The molecule has 46 heavy (non-hydrogen) atoms. The summed E-state index contributed by atoms with van der Waals surface area (Å²) in [6, 6.07) is 17.8. The zero-order valence-corrected chi connectivity index (χ0v) is 24.7. The predicted octanol–water partition coefficient (Wildman–Crippen LogP) is 5.03. The molecule has 0 saturated carbocycles. The Hall–Kier alpha value is -4.78. The van der Waals surface area contributed by atoms with Crippen molar-refractivity contribution in [3.05, 3.63) is 107 Å². The Morgan fingerprint density at radius 1 is 0.957 bits per heavy atom. The number of halogens is 4. The van der Waals surface area contributed by atoms with E-state index in [0.29, 0.717) is 56.1 Å². The van der Waals surface area contributed by atoms with Crippen molar-refractivity contribution in [3.8, 4) is 0 Å². The highest BCUT2D eigenvalue weighted by atomic mass is 19.4. The third-order valence-corrected chi connectivity index (χ3v) is 8.35. The minimum Gasteiger partial charge on any atom is -0.420 e. The second kappa shape index (κ2) is 12.9. The van der Waals surface area contributed by atoms with Crippen LogP contribution in [0.4, 0.5) is 29.4 Å². The Morgan fingerprint density at radius 3 is 2.39 bits per heavy atom. The number of anilines is 2. The maximum atomic E-state index is 13.9. The zero-order chi connectivity index (χ0) is 32.4. The van der Waals surface area contributed by atoms with Gasteiger partial charge < -0.3 is 24.2 Å². The molecule has 2 aromatic heterocycles. The van der Waals surface area contributed by atoms with Crippen LogP contribution in [0, 0.1) is 5.82 Å². The van der Waals surface area contributed by atoms with Crippen LogP contribution in [-0.4, -0.2) is 70.9 Å². The molecule has 1 N–H and O–H groups in total. The lowest BCUT2D eigenvalue weighted by molar-refractivity contribution is -0.142. The average molecular weight is 638 g/mol. The molecular weight excluding hydrogens is 606 g/mol. The van der Waals surface area contributed by atoms with E-state index in [4.69, 9.17) is 4.42 Å². The molecule has 0 bridgehead atoms. The summed E-state index contributed by atoms with van der Waals surface area (Å²) in [5, 5.41) is 10.5. The van der Waals surface area contributed by atoms with Gasteiger partial charge in [-0.3, -0.25) is 9.59 Å². The van der Waals surface area contributed by atoms with Crippen molar-refractivity contribution >= 4 is 23.5 Å². The first-order valence-electron chi connectivity index (χ1n) is 14.9. The lowest BCUT2D eigenvalue weighted by Crippen LogP contribution is -2.50. The number of aromatic nitrogens is 2. The second-order valence-electron chi connectivity index (χ2n) is 11.4. The molecule has 2 aromatic carbocycles. The molecule has 1 unspecified atom stereocenters. The first-order chi connectivity index (χ1) is 22.1. The Morgan fingerprint density at radius 2 is 1.72 bits per heavy atom. The van der Waals surface area contributed by atoms with E-state index in [-0.39, 0.29) is 30.8 Å². The quantitative estimate of drug-likeness (QED) is 0.212. The molecule has 4 aromatic rings. The lowest BCUT2D eigenvalue weighted by Gasteiger charge is -2.36. The average Bonchev–Trinajstić information content (AvgIpc) is 3.74. The Bertz CT molecular complexity index is 1690. The number of hydrogen-bond donors (Lipinski definition) is 1. The third-order valence-electron chi connectivity index (χ3n) is 8.35. The van der Waals surface area contributed by atoms with Crippen LogP contribution in [0.2, 0.25) is 0 Å². The molecule has 1 amide bonds. The number of aliphatic hydroxyl groups is 1. The van der Waals surface area contributed by atoms with Gasteiger partial charge >= 0.3 is 6.18 Å². The van der Waals surface area contributed by atoms with Gasteiger partial charge in [0.2, 0.25) is 11.5 Å². The number of hydrogen-bond acceptors (Lipinski definition) is 8. The lowest BCUT2D eigenvalue weighted by atomic mass is 9.98. The van der Waals surface area contributed by atoms with E-state index in [1.807, 2.05) is 4.90 Å². The number of amides is 1. The molecule has 2 aliphatic rings. The highest BCUT2D eigenvalue weighted by molar-refractivity contribution is 5.96. The second-order valence-corrected chi connectivity index (χ2v) is 11.4. The van der Waals surface area contributed by atoms with E-state index < -0.39 is 35.3 Å². The number of carbonyl (C=O) groups excluding carboxylic acids is 2. The fourth-order valence-corrected chi connectivity index (χ4v) is 5.87. The van der Waals surface area contributed by atoms with Gasteiger partial charge in [-0.15, -0.1) is 0 Å². The molecule has 4 heterocycles. The summed E-state index contributed by atoms with van der Waals surface area (Å²) in [7, 11) is 0. The summed E-state index contributed by atoms with van der Waals surface area (Å²) in [6.45, 7) is 2.29. The minimum absolute atomic E-state index is 0.120. The van der Waals surface area contributed by atoms with Gasteiger partial charge in [-0.1, -0.05) is 48.5 Å². The van der Waals surface area contributed by atoms with Gasteiger partial charge in [-0.25, -0.2) is 9.37 Å². The fourth-order valence-electron chi connectivity index (χ4n) is 5.87. The number of aliphatic hydroxyl groups excluding tert-OH is 1. The molecule has 6 rings (SSSR count). The van der Waals surface area contributed by atoms with Crippen molar-refractivity contribution in [2.24, 2.45) is 0 Å². The van der Waals surface area contributed by atoms with Crippen molar-refractivity contribution < 1.29 is 36.7 Å².